The Morgan fingerprint density at radius 3 is 2.68 bits per heavy atom. The molecule has 0 atom stereocenters. The summed E-state index contributed by atoms with van der Waals surface area (Å²) in [6.07, 6.45) is 1.000. The van der Waals surface area contributed by atoms with Gasteiger partial charge in [-0.15, -0.1) is 0 Å². The van der Waals surface area contributed by atoms with Gasteiger partial charge >= 0.3 is 0 Å². The number of carbonyl (C=O) groups excluding carboxylic acids is 1. The van der Waals surface area contributed by atoms with Crippen LogP contribution in [0.2, 0.25) is 5.02 Å². The van der Waals surface area contributed by atoms with Crippen LogP contribution >= 0.6 is 11.6 Å². The summed E-state index contributed by atoms with van der Waals surface area (Å²) in [6, 6.07) is 0. The molecule has 0 unspecified atom stereocenters. The number of hydrogen-bond donors (Lipinski definition) is 1. The van der Waals surface area contributed by atoms with Gasteiger partial charge in [-0.3, -0.25) is 9.48 Å². The zero-order valence-electron chi connectivity index (χ0n) is 13.3. The number of aryl methyl sites for hydroxylation is 1. The quantitative estimate of drug-likeness (QED) is 0.887. The number of aromatic nitrogens is 2. The molecule has 0 saturated carbocycles. The Balaban J connectivity index is 1.76. The maximum Gasteiger partial charge on any atom is 0.275 e. The van der Waals surface area contributed by atoms with Crippen LogP contribution in [-0.2, 0) is 13.1 Å². The molecule has 2 aliphatic heterocycles. The first-order valence-electron chi connectivity index (χ1n) is 7.72. The molecule has 1 saturated heterocycles. The van der Waals surface area contributed by atoms with E-state index < -0.39 is 5.60 Å². The van der Waals surface area contributed by atoms with Crippen molar-refractivity contribution >= 4 is 17.5 Å². The molecular formula is C15H23ClN4O2. The molecule has 22 heavy (non-hydrogen) atoms. The van der Waals surface area contributed by atoms with E-state index >= 15 is 0 Å². The maximum atomic E-state index is 12.6. The molecule has 3 heterocycles. The van der Waals surface area contributed by atoms with Crippen LogP contribution in [0.4, 0.5) is 0 Å². The fourth-order valence-corrected chi connectivity index (χ4v) is 3.29. The minimum absolute atomic E-state index is 0.113. The Labute approximate surface area is 135 Å². The zero-order chi connectivity index (χ0) is 16.1. The molecule has 1 aromatic rings. The second-order valence-electron chi connectivity index (χ2n) is 6.98. The van der Waals surface area contributed by atoms with Crippen LogP contribution in [0.15, 0.2) is 0 Å². The van der Waals surface area contributed by atoms with Crippen LogP contribution in [0.25, 0.3) is 0 Å². The molecule has 6 nitrogen and oxygen atoms in total. The van der Waals surface area contributed by atoms with Gasteiger partial charge in [0.05, 0.1) is 16.3 Å². The average molecular weight is 327 g/mol. The highest BCUT2D eigenvalue weighted by Crippen LogP contribution is 2.31. The summed E-state index contributed by atoms with van der Waals surface area (Å²) in [4.78, 5) is 16.5. The van der Waals surface area contributed by atoms with Crippen LogP contribution in [0, 0.1) is 5.92 Å². The lowest BCUT2D eigenvalue weighted by Crippen LogP contribution is -2.57. The Morgan fingerprint density at radius 2 is 2.05 bits per heavy atom. The van der Waals surface area contributed by atoms with E-state index in [9.17, 15) is 9.90 Å². The molecule has 1 amide bonds. The summed E-state index contributed by atoms with van der Waals surface area (Å²) in [6.45, 7) is 7.18. The average Bonchev–Trinajstić information content (AvgIpc) is 2.53. The lowest BCUT2D eigenvalue weighted by molar-refractivity contribution is -0.0508. The molecule has 7 heteroatoms. The molecular weight excluding hydrogens is 304 g/mol. The Kier molecular flexibility index (Phi) is 3.95. The van der Waals surface area contributed by atoms with Gasteiger partial charge < -0.3 is 14.9 Å². The van der Waals surface area contributed by atoms with Crippen molar-refractivity contribution in [3.63, 3.8) is 0 Å². The molecule has 122 valence electrons. The Bertz CT molecular complexity index is 587. The number of carbonyl (C=O) groups is 1. The third kappa shape index (κ3) is 2.75. The van der Waals surface area contributed by atoms with Crippen LogP contribution in [-0.4, -0.2) is 62.9 Å². The second-order valence-corrected chi connectivity index (χ2v) is 7.36. The number of aliphatic hydroxyl groups is 1. The van der Waals surface area contributed by atoms with Gasteiger partial charge in [-0.1, -0.05) is 11.6 Å². The van der Waals surface area contributed by atoms with Crippen molar-refractivity contribution in [2.24, 2.45) is 5.92 Å². The van der Waals surface area contributed by atoms with Crippen LogP contribution < -0.4 is 0 Å². The van der Waals surface area contributed by atoms with Crippen molar-refractivity contribution in [3.05, 3.63) is 16.4 Å². The summed E-state index contributed by atoms with van der Waals surface area (Å²) >= 11 is 6.42. The molecule has 1 aromatic heterocycles. The predicted octanol–water partition coefficient (Wildman–Crippen LogP) is 1.21. The minimum atomic E-state index is -0.755. The Morgan fingerprint density at radius 1 is 1.36 bits per heavy atom. The molecule has 0 aliphatic carbocycles. The zero-order valence-corrected chi connectivity index (χ0v) is 14.1. The normalized spacial score (nSPS) is 20.5. The van der Waals surface area contributed by atoms with Crippen LogP contribution in [0.3, 0.4) is 0 Å². The molecule has 3 rings (SSSR count). The maximum absolute atomic E-state index is 12.6. The largest absolute Gasteiger partial charge is 0.390 e. The number of halogens is 1. The van der Waals surface area contributed by atoms with Crippen molar-refractivity contribution in [3.8, 4) is 0 Å². The van der Waals surface area contributed by atoms with Crippen LogP contribution in [0.5, 0.6) is 0 Å². The van der Waals surface area contributed by atoms with E-state index in [4.69, 9.17) is 11.6 Å². The topological polar surface area (TPSA) is 61.6 Å². The van der Waals surface area contributed by atoms with E-state index in [1.54, 1.807) is 18.7 Å². The number of nitrogens with zero attached hydrogens (tertiary/aromatic N) is 4. The summed E-state index contributed by atoms with van der Waals surface area (Å²) in [5.41, 5.74) is 0.514. The van der Waals surface area contributed by atoms with Gasteiger partial charge in [0.15, 0.2) is 5.69 Å². The highest BCUT2D eigenvalue weighted by atomic mass is 35.5. The fourth-order valence-electron chi connectivity index (χ4n) is 3.01. The molecule has 0 radical (unpaired) electrons. The molecule has 1 fully saturated rings. The standard InChI is InChI=1S/C15H23ClN4O2/c1-15(2,22)10-7-19(8-10)14(21)13-12(16)11-9-18(3)5-4-6-20(11)17-13/h10,22H,4-9H2,1-3H3. The van der Waals surface area contributed by atoms with E-state index in [0.717, 1.165) is 25.2 Å². The first kappa shape index (κ1) is 15.8. The highest BCUT2D eigenvalue weighted by molar-refractivity contribution is 6.34. The molecule has 2 aliphatic rings. The van der Waals surface area contributed by atoms with Crippen molar-refractivity contribution in [1.29, 1.82) is 0 Å². The van der Waals surface area contributed by atoms with Gasteiger partial charge in [0.1, 0.15) is 0 Å². The van der Waals surface area contributed by atoms with Crippen molar-refractivity contribution < 1.29 is 9.90 Å². The molecule has 0 aromatic carbocycles. The minimum Gasteiger partial charge on any atom is -0.390 e. The molecule has 0 spiro atoms. The predicted molar refractivity (Wildman–Crippen MR) is 83.9 cm³/mol. The van der Waals surface area contributed by atoms with Gasteiger partial charge in [-0.05, 0) is 27.3 Å². The molecule has 1 N–H and O–H groups in total. The number of hydrogen-bond acceptors (Lipinski definition) is 4. The third-order valence-electron chi connectivity index (χ3n) is 4.69. The Hall–Kier alpha value is -1.11. The van der Waals surface area contributed by atoms with E-state index in [1.807, 2.05) is 11.7 Å². The summed E-state index contributed by atoms with van der Waals surface area (Å²) in [5.74, 6) is -0.0180. The fraction of sp³-hybridized carbons (Fsp3) is 0.733. The lowest BCUT2D eigenvalue weighted by Gasteiger charge is -2.44. The van der Waals surface area contributed by atoms with E-state index in [2.05, 4.69) is 10.00 Å². The van der Waals surface area contributed by atoms with E-state index in [1.165, 1.54) is 0 Å². The second kappa shape index (κ2) is 5.51. The van der Waals surface area contributed by atoms with Gasteiger partial charge in [0.25, 0.3) is 5.91 Å². The lowest BCUT2D eigenvalue weighted by atomic mass is 9.84. The summed E-state index contributed by atoms with van der Waals surface area (Å²) in [5, 5.41) is 14.9. The van der Waals surface area contributed by atoms with Crippen molar-refractivity contribution in [2.75, 3.05) is 26.7 Å². The SMILES string of the molecule is CN1CCCn2nc(C(=O)N3CC(C(C)(C)O)C3)c(Cl)c2C1. The number of fused-ring (bicyclic) bond motifs is 1. The number of rotatable bonds is 2. The first-order chi connectivity index (χ1) is 10.3. The van der Waals surface area contributed by atoms with Gasteiger partial charge in [0, 0.05) is 38.6 Å². The number of amides is 1. The smallest absolute Gasteiger partial charge is 0.275 e. The third-order valence-corrected chi connectivity index (χ3v) is 5.09. The molecule has 0 bridgehead atoms. The van der Waals surface area contributed by atoms with Gasteiger partial charge in [-0.2, -0.15) is 5.10 Å². The van der Waals surface area contributed by atoms with E-state index in [-0.39, 0.29) is 11.8 Å². The van der Waals surface area contributed by atoms with Crippen molar-refractivity contribution in [1.82, 2.24) is 19.6 Å². The number of likely N-dealkylation sites (tertiary alicyclic amines) is 1. The first-order valence-corrected chi connectivity index (χ1v) is 8.10. The van der Waals surface area contributed by atoms with Crippen LogP contribution in [0.1, 0.15) is 36.5 Å². The summed E-state index contributed by atoms with van der Waals surface area (Å²) in [7, 11) is 2.05. The van der Waals surface area contributed by atoms with Gasteiger partial charge in [0.2, 0.25) is 0 Å². The van der Waals surface area contributed by atoms with E-state index in [0.29, 0.717) is 30.4 Å². The summed E-state index contributed by atoms with van der Waals surface area (Å²) < 4.78 is 1.87. The van der Waals surface area contributed by atoms with Crippen molar-refractivity contribution in [2.45, 2.75) is 39.0 Å². The van der Waals surface area contributed by atoms with Gasteiger partial charge in [-0.25, -0.2) is 0 Å². The monoisotopic (exact) mass is 326 g/mol. The highest BCUT2D eigenvalue weighted by Gasteiger charge is 2.41.